The van der Waals surface area contributed by atoms with E-state index >= 15 is 0 Å². The van der Waals surface area contributed by atoms with Crippen LogP contribution >= 0.6 is 22.9 Å². The number of benzene rings is 1. The number of hydrogen-bond acceptors (Lipinski definition) is 7. The first-order valence-electron chi connectivity index (χ1n) is 8.64. The molecule has 1 aliphatic rings. The molecule has 1 atom stereocenters. The molecule has 9 heteroatoms. The smallest absolute Gasteiger partial charge is 0.254 e. The van der Waals surface area contributed by atoms with Crippen molar-refractivity contribution in [1.82, 2.24) is 29.0 Å². The van der Waals surface area contributed by atoms with Crippen LogP contribution in [-0.4, -0.2) is 41.5 Å². The number of rotatable bonds is 2. The van der Waals surface area contributed by atoms with Crippen LogP contribution in [0.25, 0.3) is 20.9 Å². The topological polar surface area (TPSA) is 76.8 Å². The fourth-order valence-corrected chi connectivity index (χ4v) is 4.91. The lowest BCUT2D eigenvalue weighted by Gasteiger charge is -2.33. The molecule has 1 unspecified atom stereocenters. The van der Waals surface area contributed by atoms with Gasteiger partial charge in [0.05, 0.1) is 6.04 Å². The van der Waals surface area contributed by atoms with Gasteiger partial charge in [-0.25, -0.2) is 4.98 Å². The number of carbonyl (C=O) groups excluding carboxylic acids is 1. The minimum atomic E-state index is -0.153. The quantitative estimate of drug-likeness (QED) is 0.518. The summed E-state index contributed by atoms with van der Waals surface area (Å²) in [6, 6.07) is 7.78. The largest absolute Gasteiger partial charge is 0.327 e. The van der Waals surface area contributed by atoms with E-state index in [1.807, 2.05) is 48.4 Å². The second-order valence-corrected chi connectivity index (χ2v) is 8.23. The molecule has 4 heterocycles. The Bertz CT molecular complexity index is 1160. The van der Waals surface area contributed by atoms with Gasteiger partial charge in [0.1, 0.15) is 5.82 Å². The molecule has 0 spiro atoms. The lowest BCUT2D eigenvalue weighted by Crippen LogP contribution is -2.41. The van der Waals surface area contributed by atoms with Gasteiger partial charge in [0.2, 0.25) is 0 Å². The monoisotopic (exact) mass is 396 g/mol. The van der Waals surface area contributed by atoms with Gasteiger partial charge in [-0.1, -0.05) is 0 Å². The number of carbonyl (C=O) groups is 1. The zero-order chi connectivity index (χ0) is 18.5. The number of fused-ring (bicyclic) bond motifs is 2. The molecule has 7 nitrogen and oxygen atoms in total. The highest BCUT2D eigenvalue weighted by atomic mass is 32.1. The molecule has 1 amide bonds. The summed E-state index contributed by atoms with van der Waals surface area (Å²) in [5.41, 5.74) is 0.709. The number of aromatic nitrogens is 5. The first kappa shape index (κ1) is 16.5. The molecule has 1 aliphatic heterocycles. The molecule has 0 N–H and O–H groups in total. The molecule has 0 radical (unpaired) electrons. The SMILES string of the molecule is Cc1nsc(-c2nnc3n2CCN(C(=O)c2ccc4sccc4c2)C3C)n1. The fraction of sp³-hybridized carbons (Fsp3) is 0.278. The standard InChI is InChI=1S/C18H16N6OS2/c1-10-15-20-21-16(17-19-11(2)22-27-17)24(15)7-6-23(10)18(25)13-3-4-14-12(9-13)5-8-26-14/h3-5,8-10H,6-7H2,1-2H3. The molecule has 0 fully saturated rings. The summed E-state index contributed by atoms with van der Waals surface area (Å²) < 4.78 is 7.47. The first-order valence-corrected chi connectivity index (χ1v) is 10.3. The van der Waals surface area contributed by atoms with Crippen LogP contribution in [0.1, 0.15) is 35.0 Å². The Kier molecular flexibility index (Phi) is 3.80. The Hall–Kier alpha value is -2.65. The molecular formula is C18H16N6OS2. The van der Waals surface area contributed by atoms with Crippen molar-refractivity contribution in [1.29, 1.82) is 0 Å². The van der Waals surface area contributed by atoms with Crippen LogP contribution in [0.4, 0.5) is 0 Å². The Labute approximate surface area is 163 Å². The summed E-state index contributed by atoms with van der Waals surface area (Å²) in [6.45, 7) is 5.11. The summed E-state index contributed by atoms with van der Waals surface area (Å²) >= 11 is 3.00. The van der Waals surface area contributed by atoms with Crippen LogP contribution in [0.5, 0.6) is 0 Å². The third-order valence-corrected chi connectivity index (χ3v) is 6.56. The molecule has 4 aromatic rings. The number of nitrogens with zero attached hydrogens (tertiary/aromatic N) is 6. The average molecular weight is 397 g/mol. The molecule has 27 heavy (non-hydrogen) atoms. The number of thiophene rings is 1. The summed E-state index contributed by atoms with van der Waals surface area (Å²) in [4.78, 5) is 19.4. The van der Waals surface area contributed by atoms with E-state index in [1.54, 1.807) is 11.3 Å². The first-order chi connectivity index (χ1) is 13.1. The van der Waals surface area contributed by atoms with Crippen molar-refractivity contribution < 1.29 is 4.79 Å². The van der Waals surface area contributed by atoms with E-state index in [0.29, 0.717) is 18.7 Å². The van der Waals surface area contributed by atoms with Gasteiger partial charge in [-0.3, -0.25) is 4.79 Å². The van der Waals surface area contributed by atoms with Crippen LogP contribution in [0.2, 0.25) is 0 Å². The number of aryl methyl sites for hydroxylation is 1. The van der Waals surface area contributed by atoms with Gasteiger partial charge < -0.3 is 9.47 Å². The lowest BCUT2D eigenvalue weighted by molar-refractivity contribution is 0.0638. The third kappa shape index (κ3) is 2.65. The molecule has 0 saturated heterocycles. The molecule has 0 saturated carbocycles. The molecule has 1 aromatic carbocycles. The highest BCUT2D eigenvalue weighted by molar-refractivity contribution is 7.17. The number of hydrogen-bond donors (Lipinski definition) is 0. The van der Waals surface area contributed by atoms with Crippen molar-refractivity contribution in [3.05, 3.63) is 46.9 Å². The molecular weight excluding hydrogens is 380 g/mol. The van der Waals surface area contributed by atoms with Crippen molar-refractivity contribution in [3.8, 4) is 10.8 Å². The summed E-state index contributed by atoms with van der Waals surface area (Å²) in [5.74, 6) is 2.28. The van der Waals surface area contributed by atoms with Crippen molar-refractivity contribution in [2.24, 2.45) is 0 Å². The Morgan fingerprint density at radius 1 is 1.22 bits per heavy atom. The second-order valence-electron chi connectivity index (χ2n) is 6.53. The normalized spacial score (nSPS) is 16.7. The second kappa shape index (κ2) is 6.21. The van der Waals surface area contributed by atoms with Gasteiger partial charge in [0.25, 0.3) is 5.91 Å². The van der Waals surface area contributed by atoms with Crippen molar-refractivity contribution in [2.45, 2.75) is 26.4 Å². The van der Waals surface area contributed by atoms with E-state index in [1.165, 1.54) is 16.2 Å². The van der Waals surface area contributed by atoms with Crippen LogP contribution in [0, 0.1) is 6.92 Å². The van der Waals surface area contributed by atoms with E-state index < -0.39 is 0 Å². The van der Waals surface area contributed by atoms with E-state index in [2.05, 4.69) is 24.1 Å². The molecule has 5 rings (SSSR count). The highest BCUT2D eigenvalue weighted by Gasteiger charge is 2.32. The third-order valence-electron chi connectivity index (χ3n) is 4.86. The van der Waals surface area contributed by atoms with Gasteiger partial charge in [-0.15, -0.1) is 21.5 Å². The number of amides is 1. The molecule has 3 aromatic heterocycles. The van der Waals surface area contributed by atoms with Gasteiger partial charge >= 0.3 is 0 Å². The average Bonchev–Trinajstić information content (AvgIpc) is 3.39. The molecule has 0 aliphatic carbocycles. The predicted molar refractivity (Wildman–Crippen MR) is 105 cm³/mol. The van der Waals surface area contributed by atoms with Crippen LogP contribution in [0.3, 0.4) is 0 Å². The Morgan fingerprint density at radius 3 is 2.93 bits per heavy atom. The zero-order valence-corrected chi connectivity index (χ0v) is 16.4. The van der Waals surface area contributed by atoms with Crippen LogP contribution in [-0.2, 0) is 6.54 Å². The van der Waals surface area contributed by atoms with E-state index in [4.69, 9.17) is 0 Å². The minimum absolute atomic E-state index is 0.0261. The Morgan fingerprint density at radius 2 is 2.11 bits per heavy atom. The fourth-order valence-electron chi connectivity index (χ4n) is 3.47. The Balaban J connectivity index is 1.46. The summed E-state index contributed by atoms with van der Waals surface area (Å²) in [7, 11) is 0. The van der Waals surface area contributed by atoms with Gasteiger partial charge in [-0.05, 0) is 60.4 Å². The van der Waals surface area contributed by atoms with E-state index in [-0.39, 0.29) is 11.9 Å². The maximum absolute atomic E-state index is 13.1. The molecule has 136 valence electrons. The van der Waals surface area contributed by atoms with Gasteiger partial charge in [0.15, 0.2) is 16.7 Å². The maximum Gasteiger partial charge on any atom is 0.254 e. The van der Waals surface area contributed by atoms with Crippen LogP contribution < -0.4 is 0 Å². The van der Waals surface area contributed by atoms with Gasteiger partial charge in [0, 0.05) is 23.4 Å². The van der Waals surface area contributed by atoms with E-state index in [0.717, 1.165) is 27.9 Å². The maximum atomic E-state index is 13.1. The highest BCUT2D eigenvalue weighted by Crippen LogP contribution is 2.31. The zero-order valence-electron chi connectivity index (χ0n) is 14.8. The van der Waals surface area contributed by atoms with Gasteiger partial charge in [-0.2, -0.15) is 4.37 Å². The minimum Gasteiger partial charge on any atom is -0.327 e. The molecule has 0 bridgehead atoms. The van der Waals surface area contributed by atoms with E-state index in [9.17, 15) is 4.79 Å². The van der Waals surface area contributed by atoms with Crippen molar-refractivity contribution in [3.63, 3.8) is 0 Å². The van der Waals surface area contributed by atoms with Crippen LogP contribution in [0.15, 0.2) is 29.6 Å². The predicted octanol–water partition coefficient (Wildman–Crippen LogP) is 3.54. The van der Waals surface area contributed by atoms with Crippen molar-refractivity contribution >= 4 is 38.9 Å². The summed E-state index contributed by atoms with van der Waals surface area (Å²) in [5, 5.41) is 12.6. The lowest BCUT2D eigenvalue weighted by atomic mass is 10.1. The van der Waals surface area contributed by atoms with Crippen molar-refractivity contribution in [2.75, 3.05) is 6.54 Å². The summed E-state index contributed by atoms with van der Waals surface area (Å²) in [6.07, 6.45) is 0.